The molecule has 0 aromatic heterocycles. The molecule has 0 spiro atoms. The Labute approximate surface area is 166 Å². The van der Waals surface area contributed by atoms with Gasteiger partial charge in [-0.05, 0) is 36.8 Å². The van der Waals surface area contributed by atoms with Crippen molar-refractivity contribution in [2.45, 2.75) is 19.1 Å². The lowest BCUT2D eigenvalue weighted by atomic mass is 10.2. The molecule has 0 radical (unpaired) electrons. The average molecular weight is 407 g/mol. The highest BCUT2D eigenvalue weighted by molar-refractivity contribution is 7.98. The summed E-state index contributed by atoms with van der Waals surface area (Å²) in [6.45, 7) is 2.40. The zero-order valence-corrected chi connectivity index (χ0v) is 17.4. The van der Waals surface area contributed by atoms with Gasteiger partial charge in [-0.15, -0.1) is 0 Å². The van der Waals surface area contributed by atoms with Gasteiger partial charge in [-0.1, -0.05) is 48.0 Å². The van der Waals surface area contributed by atoms with Gasteiger partial charge in [0, 0.05) is 12.3 Å². The summed E-state index contributed by atoms with van der Waals surface area (Å²) in [7, 11) is -3.52. The number of anilines is 1. The molecular formula is C20H26N2O3S2. The predicted molar refractivity (Wildman–Crippen MR) is 114 cm³/mol. The van der Waals surface area contributed by atoms with E-state index in [0.29, 0.717) is 12.2 Å². The summed E-state index contributed by atoms with van der Waals surface area (Å²) < 4.78 is 25.1. The van der Waals surface area contributed by atoms with Gasteiger partial charge in [-0.3, -0.25) is 9.10 Å². The number of hydrogen-bond acceptors (Lipinski definition) is 4. The summed E-state index contributed by atoms with van der Waals surface area (Å²) in [6.07, 6.45) is 1.95. The third-order valence-electron chi connectivity index (χ3n) is 3.91. The average Bonchev–Trinajstić information content (AvgIpc) is 2.64. The zero-order chi connectivity index (χ0) is 19.7. The highest BCUT2D eigenvalue weighted by atomic mass is 32.2. The number of nitrogens with one attached hydrogen (secondary N) is 1. The summed E-state index contributed by atoms with van der Waals surface area (Å²) in [6, 6.07) is 17.1. The van der Waals surface area contributed by atoms with E-state index in [0.717, 1.165) is 28.5 Å². The molecule has 0 aliphatic rings. The molecule has 0 bridgehead atoms. The first-order valence-electron chi connectivity index (χ1n) is 8.79. The lowest BCUT2D eigenvalue weighted by Gasteiger charge is -2.21. The van der Waals surface area contributed by atoms with Crippen LogP contribution in [0.3, 0.4) is 0 Å². The second-order valence-electron chi connectivity index (χ2n) is 6.35. The summed E-state index contributed by atoms with van der Waals surface area (Å²) in [5.74, 6) is 1.58. The van der Waals surface area contributed by atoms with Crippen LogP contribution >= 0.6 is 11.8 Å². The quantitative estimate of drug-likeness (QED) is 0.616. The van der Waals surface area contributed by atoms with Gasteiger partial charge in [-0.25, -0.2) is 8.42 Å². The SMILES string of the molecule is Cc1ccc(CSCCCNC(=O)CN(c2ccccc2)S(C)(=O)=O)cc1. The Bertz CT molecular complexity index is 822. The van der Waals surface area contributed by atoms with E-state index < -0.39 is 10.0 Å². The number of para-hydroxylation sites is 1. The number of rotatable bonds is 10. The summed E-state index contributed by atoms with van der Waals surface area (Å²) >= 11 is 1.82. The van der Waals surface area contributed by atoms with Gasteiger partial charge in [0.1, 0.15) is 6.54 Å². The minimum Gasteiger partial charge on any atom is -0.354 e. The maximum atomic E-state index is 12.1. The Hall–Kier alpha value is -1.99. The molecule has 0 aliphatic carbocycles. The van der Waals surface area contributed by atoms with Gasteiger partial charge in [0.05, 0.1) is 11.9 Å². The molecule has 0 saturated heterocycles. The molecule has 7 heteroatoms. The number of sulfonamides is 1. The van der Waals surface area contributed by atoms with Crippen LogP contribution in [-0.4, -0.2) is 39.4 Å². The van der Waals surface area contributed by atoms with Crippen LogP contribution in [0, 0.1) is 6.92 Å². The van der Waals surface area contributed by atoms with Crippen LogP contribution in [-0.2, 0) is 20.6 Å². The smallest absolute Gasteiger partial charge is 0.240 e. The van der Waals surface area contributed by atoms with Crippen molar-refractivity contribution in [1.29, 1.82) is 0 Å². The fourth-order valence-electron chi connectivity index (χ4n) is 2.46. The molecule has 0 unspecified atom stereocenters. The number of carbonyl (C=O) groups excluding carboxylic acids is 1. The van der Waals surface area contributed by atoms with Crippen molar-refractivity contribution in [3.8, 4) is 0 Å². The number of amides is 1. The number of carbonyl (C=O) groups is 1. The molecule has 2 aromatic carbocycles. The third kappa shape index (κ3) is 7.64. The Morgan fingerprint density at radius 3 is 2.37 bits per heavy atom. The Balaban J connectivity index is 1.71. The van der Waals surface area contributed by atoms with E-state index in [9.17, 15) is 13.2 Å². The Morgan fingerprint density at radius 1 is 1.07 bits per heavy atom. The lowest BCUT2D eigenvalue weighted by Crippen LogP contribution is -2.40. The third-order valence-corrected chi connectivity index (χ3v) is 6.16. The first-order valence-corrected chi connectivity index (χ1v) is 11.8. The Kier molecular flexibility index (Phi) is 8.19. The molecule has 1 N–H and O–H groups in total. The summed E-state index contributed by atoms with van der Waals surface area (Å²) in [5.41, 5.74) is 3.04. The van der Waals surface area contributed by atoms with E-state index >= 15 is 0 Å². The normalized spacial score (nSPS) is 11.2. The van der Waals surface area contributed by atoms with Gasteiger partial charge < -0.3 is 5.32 Å². The van der Waals surface area contributed by atoms with Gasteiger partial charge in [0.2, 0.25) is 15.9 Å². The van der Waals surface area contributed by atoms with Crippen LogP contribution < -0.4 is 9.62 Å². The monoisotopic (exact) mass is 406 g/mol. The number of benzene rings is 2. The van der Waals surface area contributed by atoms with E-state index in [4.69, 9.17) is 0 Å². The summed E-state index contributed by atoms with van der Waals surface area (Å²) in [4.78, 5) is 12.1. The second-order valence-corrected chi connectivity index (χ2v) is 9.36. The molecule has 0 atom stereocenters. The zero-order valence-electron chi connectivity index (χ0n) is 15.7. The fraction of sp³-hybridized carbons (Fsp3) is 0.350. The van der Waals surface area contributed by atoms with Crippen molar-refractivity contribution in [3.63, 3.8) is 0 Å². The van der Waals surface area contributed by atoms with E-state index in [1.807, 2.05) is 11.8 Å². The molecule has 5 nitrogen and oxygen atoms in total. The van der Waals surface area contributed by atoms with Crippen LogP contribution in [0.4, 0.5) is 5.69 Å². The van der Waals surface area contributed by atoms with E-state index in [-0.39, 0.29) is 12.5 Å². The predicted octanol–water partition coefficient (Wildman–Crippen LogP) is 3.20. The van der Waals surface area contributed by atoms with Crippen molar-refractivity contribution in [1.82, 2.24) is 5.32 Å². The molecular weight excluding hydrogens is 380 g/mol. The molecule has 146 valence electrons. The van der Waals surface area contributed by atoms with Crippen molar-refractivity contribution in [2.24, 2.45) is 0 Å². The van der Waals surface area contributed by atoms with Gasteiger partial charge >= 0.3 is 0 Å². The maximum absolute atomic E-state index is 12.1. The lowest BCUT2D eigenvalue weighted by molar-refractivity contribution is -0.119. The second kappa shape index (κ2) is 10.4. The van der Waals surface area contributed by atoms with Crippen molar-refractivity contribution in [2.75, 3.05) is 29.4 Å². The van der Waals surface area contributed by atoms with Crippen LogP contribution in [0.2, 0.25) is 0 Å². The molecule has 2 aromatic rings. The number of aryl methyl sites for hydroxylation is 1. The largest absolute Gasteiger partial charge is 0.354 e. The minimum atomic E-state index is -3.52. The minimum absolute atomic E-state index is 0.209. The first-order chi connectivity index (χ1) is 12.9. The standard InChI is InChI=1S/C20H26N2O3S2/c1-17-9-11-18(12-10-17)16-26-14-6-13-21-20(23)15-22(27(2,24)25)19-7-4-3-5-8-19/h3-5,7-12H,6,13-16H2,1-2H3,(H,21,23). The Morgan fingerprint density at radius 2 is 1.74 bits per heavy atom. The molecule has 0 aliphatic heterocycles. The van der Waals surface area contributed by atoms with E-state index in [1.165, 1.54) is 11.1 Å². The molecule has 0 fully saturated rings. The molecule has 0 heterocycles. The van der Waals surface area contributed by atoms with Crippen LogP contribution in [0.1, 0.15) is 17.5 Å². The molecule has 1 amide bonds. The summed E-state index contributed by atoms with van der Waals surface area (Å²) in [5, 5.41) is 2.80. The number of nitrogens with zero attached hydrogens (tertiary/aromatic N) is 1. The molecule has 2 rings (SSSR count). The first kappa shape index (κ1) is 21.3. The van der Waals surface area contributed by atoms with Crippen LogP contribution in [0.5, 0.6) is 0 Å². The number of hydrogen-bond donors (Lipinski definition) is 1. The number of thioether (sulfide) groups is 1. The maximum Gasteiger partial charge on any atom is 0.240 e. The molecule has 0 saturated carbocycles. The van der Waals surface area contributed by atoms with E-state index in [2.05, 4.69) is 36.5 Å². The topological polar surface area (TPSA) is 66.5 Å². The van der Waals surface area contributed by atoms with Gasteiger partial charge in [0.15, 0.2) is 0 Å². The fourth-order valence-corrected chi connectivity index (χ4v) is 4.23. The van der Waals surface area contributed by atoms with Crippen LogP contribution in [0.15, 0.2) is 54.6 Å². The van der Waals surface area contributed by atoms with Crippen molar-refractivity contribution >= 4 is 33.4 Å². The van der Waals surface area contributed by atoms with Crippen molar-refractivity contribution < 1.29 is 13.2 Å². The van der Waals surface area contributed by atoms with E-state index in [1.54, 1.807) is 30.3 Å². The van der Waals surface area contributed by atoms with Crippen molar-refractivity contribution in [3.05, 3.63) is 65.7 Å². The van der Waals surface area contributed by atoms with Crippen LogP contribution in [0.25, 0.3) is 0 Å². The highest BCUT2D eigenvalue weighted by Gasteiger charge is 2.20. The van der Waals surface area contributed by atoms with Gasteiger partial charge in [0.25, 0.3) is 0 Å². The van der Waals surface area contributed by atoms with Gasteiger partial charge in [-0.2, -0.15) is 11.8 Å². The molecule has 27 heavy (non-hydrogen) atoms. The highest BCUT2D eigenvalue weighted by Crippen LogP contribution is 2.16.